The average molecular weight is 258 g/mol. The fourth-order valence-corrected chi connectivity index (χ4v) is 1.64. The van der Waals surface area contributed by atoms with Gasteiger partial charge in [0, 0.05) is 23.7 Å². The van der Waals surface area contributed by atoms with Crippen LogP contribution >= 0.6 is 11.6 Å². The number of esters is 1. The molecule has 1 aromatic rings. The minimum absolute atomic E-state index is 0.233. The molecule has 0 bridgehead atoms. The number of halogens is 1. The van der Waals surface area contributed by atoms with Gasteiger partial charge in [0.1, 0.15) is 5.75 Å². The Labute approximate surface area is 106 Å². The topological polar surface area (TPSA) is 47.6 Å². The number of nitrogens with one attached hydrogen (secondary N) is 1. The number of ether oxygens (including phenoxy) is 2. The lowest BCUT2D eigenvalue weighted by atomic mass is 10.2. The van der Waals surface area contributed by atoms with Crippen LogP contribution in [0.2, 0.25) is 5.02 Å². The molecule has 0 radical (unpaired) electrons. The summed E-state index contributed by atoms with van der Waals surface area (Å²) in [5, 5.41) is 3.77. The van der Waals surface area contributed by atoms with E-state index in [1.807, 2.05) is 12.1 Å². The number of hydrogen-bond donors (Lipinski definition) is 1. The van der Waals surface area contributed by atoms with Crippen LogP contribution in [0.5, 0.6) is 5.75 Å². The molecular weight excluding hydrogens is 242 g/mol. The van der Waals surface area contributed by atoms with Crippen molar-refractivity contribution in [3.63, 3.8) is 0 Å². The molecule has 17 heavy (non-hydrogen) atoms. The molecule has 1 rings (SSSR count). The van der Waals surface area contributed by atoms with Gasteiger partial charge in [0.15, 0.2) is 0 Å². The fourth-order valence-electron chi connectivity index (χ4n) is 1.41. The van der Waals surface area contributed by atoms with Crippen molar-refractivity contribution < 1.29 is 14.3 Å². The molecule has 0 aromatic heterocycles. The minimum Gasteiger partial charge on any atom is -0.496 e. The first-order valence-corrected chi connectivity index (χ1v) is 5.65. The van der Waals surface area contributed by atoms with E-state index in [1.165, 1.54) is 7.11 Å². The van der Waals surface area contributed by atoms with Gasteiger partial charge in [0.25, 0.3) is 0 Å². The highest BCUT2D eigenvalue weighted by molar-refractivity contribution is 6.31. The average Bonchev–Trinajstić information content (AvgIpc) is 2.35. The highest BCUT2D eigenvalue weighted by atomic mass is 35.5. The van der Waals surface area contributed by atoms with Crippen molar-refractivity contribution in [3.05, 3.63) is 28.8 Å². The zero-order valence-electron chi connectivity index (χ0n) is 9.96. The number of carbonyl (C=O) groups is 1. The molecule has 5 heteroatoms. The SMILES string of the molecule is COC(=O)CCNCc1c(Cl)cccc1OC. The molecule has 0 spiro atoms. The fraction of sp³-hybridized carbons (Fsp3) is 0.417. The zero-order valence-corrected chi connectivity index (χ0v) is 10.7. The van der Waals surface area contributed by atoms with Crippen LogP contribution < -0.4 is 10.1 Å². The smallest absolute Gasteiger partial charge is 0.306 e. The Morgan fingerprint density at radius 2 is 2.18 bits per heavy atom. The van der Waals surface area contributed by atoms with Gasteiger partial charge in [-0.3, -0.25) is 4.79 Å². The maximum absolute atomic E-state index is 10.9. The third kappa shape index (κ3) is 4.24. The van der Waals surface area contributed by atoms with Crippen molar-refractivity contribution in [2.45, 2.75) is 13.0 Å². The maximum Gasteiger partial charge on any atom is 0.306 e. The first-order valence-electron chi connectivity index (χ1n) is 5.28. The largest absolute Gasteiger partial charge is 0.496 e. The van der Waals surface area contributed by atoms with E-state index in [9.17, 15) is 4.79 Å². The molecule has 0 aliphatic heterocycles. The third-order valence-electron chi connectivity index (χ3n) is 2.33. The van der Waals surface area contributed by atoms with Crippen LogP contribution in [-0.4, -0.2) is 26.7 Å². The van der Waals surface area contributed by atoms with Crippen molar-refractivity contribution in [2.24, 2.45) is 0 Å². The summed E-state index contributed by atoms with van der Waals surface area (Å²) in [6.07, 6.45) is 0.337. The molecular formula is C12H16ClNO3. The van der Waals surface area contributed by atoms with Crippen molar-refractivity contribution in [3.8, 4) is 5.75 Å². The van der Waals surface area contributed by atoms with E-state index in [0.717, 1.165) is 11.3 Å². The van der Waals surface area contributed by atoms with Crippen LogP contribution in [0.25, 0.3) is 0 Å². The molecule has 0 fully saturated rings. The molecule has 4 nitrogen and oxygen atoms in total. The van der Waals surface area contributed by atoms with E-state index in [1.54, 1.807) is 13.2 Å². The van der Waals surface area contributed by atoms with E-state index in [-0.39, 0.29) is 5.97 Å². The van der Waals surface area contributed by atoms with Crippen LogP contribution in [-0.2, 0) is 16.1 Å². The number of rotatable bonds is 6. The second-order valence-corrected chi connectivity index (χ2v) is 3.83. The number of hydrogen-bond acceptors (Lipinski definition) is 4. The summed E-state index contributed by atoms with van der Waals surface area (Å²) in [5.74, 6) is 0.506. The van der Waals surface area contributed by atoms with Gasteiger partial charge in [-0.1, -0.05) is 17.7 Å². The van der Waals surface area contributed by atoms with E-state index in [4.69, 9.17) is 16.3 Å². The second-order valence-electron chi connectivity index (χ2n) is 3.42. The normalized spacial score (nSPS) is 10.1. The highest BCUT2D eigenvalue weighted by Crippen LogP contribution is 2.25. The van der Waals surface area contributed by atoms with Gasteiger partial charge in [-0.05, 0) is 12.1 Å². The van der Waals surface area contributed by atoms with E-state index >= 15 is 0 Å². The van der Waals surface area contributed by atoms with Gasteiger partial charge in [-0.25, -0.2) is 0 Å². The third-order valence-corrected chi connectivity index (χ3v) is 2.69. The first kappa shape index (κ1) is 13.8. The number of benzene rings is 1. The Hall–Kier alpha value is -1.26. The van der Waals surface area contributed by atoms with Crippen molar-refractivity contribution in [2.75, 3.05) is 20.8 Å². The van der Waals surface area contributed by atoms with Crippen molar-refractivity contribution in [1.29, 1.82) is 0 Å². The summed E-state index contributed by atoms with van der Waals surface area (Å²) < 4.78 is 9.75. The summed E-state index contributed by atoms with van der Waals surface area (Å²) in [6, 6.07) is 5.49. The predicted octanol–water partition coefficient (Wildman–Crippen LogP) is 2.00. The summed E-state index contributed by atoms with van der Waals surface area (Å²) in [6.45, 7) is 1.10. The Morgan fingerprint density at radius 3 is 2.82 bits per heavy atom. The van der Waals surface area contributed by atoms with Crippen LogP contribution in [0.4, 0.5) is 0 Å². The molecule has 0 atom stereocenters. The Morgan fingerprint density at radius 1 is 1.41 bits per heavy atom. The molecule has 1 N–H and O–H groups in total. The van der Waals surface area contributed by atoms with Gasteiger partial charge in [0.2, 0.25) is 0 Å². The molecule has 0 unspecified atom stereocenters. The molecule has 1 aromatic carbocycles. The Bertz CT molecular complexity index is 382. The van der Waals surface area contributed by atoms with Gasteiger partial charge in [-0.15, -0.1) is 0 Å². The van der Waals surface area contributed by atoms with Crippen LogP contribution in [0.3, 0.4) is 0 Å². The van der Waals surface area contributed by atoms with Crippen LogP contribution in [0.1, 0.15) is 12.0 Å². The Balaban J connectivity index is 2.48. The van der Waals surface area contributed by atoms with E-state index in [2.05, 4.69) is 10.1 Å². The van der Waals surface area contributed by atoms with Crippen LogP contribution in [0, 0.1) is 0 Å². The maximum atomic E-state index is 10.9. The molecule has 0 saturated carbocycles. The quantitative estimate of drug-likeness (QED) is 0.626. The zero-order chi connectivity index (χ0) is 12.7. The highest BCUT2D eigenvalue weighted by Gasteiger charge is 2.07. The molecule has 0 aliphatic carbocycles. The lowest BCUT2D eigenvalue weighted by molar-refractivity contribution is -0.140. The van der Waals surface area contributed by atoms with Crippen molar-refractivity contribution >= 4 is 17.6 Å². The summed E-state index contributed by atoms with van der Waals surface area (Å²) in [4.78, 5) is 10.9. The number of carbonyl (C=O) groups excluding carboxylic acids is 1. The molecule has 0 aliphatic rings. The molecule has 0 saturated heterocycles. The van der Waals surface area contributed by atoms with Crippen molar-refractivity contribution in [1.82, 2.24) is 5.32 Å². The predicted molar refractivity (Wildman–Crippen MR) is 66.3 cm³/mol. The molecule has 0 heterocycles. The first-order chi connectivity index (χ1) is 8.19. The summed E-state index contributed by atoms with van der Waals surface area (Å²) in [7, 11) is 2.98. The summed E-state index contributed by atoms with van der Waals surface area (Å²) in [5.41, 5.74) is 0.890. The lowest BCUT2D eigenvalue weighted by Gasteiger charge is -2.10. The minimum atomic E-state index is -0.233. The summed E-state index contributed by atoms with van der Waals surface area (Å²) >= 11 is 6.07. The molecule has 94 valence electrons. The second kappa shape index (κ2) is 7.14. The molecule has 0 amide bonds. The van der Waals surface area contributed by atoms with Crippen LogP contribution in [0.15, 0.2) is 18.2 Å². The monoisotopic (exact) mass is 257 g/mol. The van der Waals surface area contributed by atoms with Gasteiger partial charge in [0.05, 0.1) is 20.6 Å². The van der Waals surface area contributed by atoms with Gasteiger partial charge < -0.3 is 14.8 Å². The van der Waals surface area contributed by atoms with E-state index in [0.29, 0.717) is 24.5 Å². The Kier molecular flexibility index (Phi) is 5.80. The lowest BCUT2D eigenvalue weighted by Crippen LogP contribution is -2.19. The van der Waals surface area contributed by atoms with E-state index < -0.39 is 0 Å². The van der Waals surface area contributed by atoms with Gasteiger partial charge in [-0.2, -0.15) is 0 Å². The number of methoxy groups -OCH3 is 2. The standard InChI is InChI=1S/C12H16ClNO3/c1-16-11-5-3-4-10(13)9(11)8-14-7-6-12(15)17-2/h3-5,14H,6-8H2,1-2H3. The van der Waals surface area contributed by atoms with Gasteiger partial charge >= 0.3 is 5.97 Å².